The highest BCUT2D eigenvalue weighted by Gasteiger charge is 2.51. The lowest BCUT2D eigenvalue weighted by atomic mass is 9.63. The van der Waals surface area contributed by atoms with Gasteiger partial charge in [0.15, 0.2) is 0 Å². The Bertz CT molecular complexity index is 664. The monoisotopic (exact) mass is 319 g/mol. The number of amides is 1. The fourth-order valence-electron chi connectivity index (χ4n) is 2.62. The molecule has 0 radical (unpaired) electrons. The van der Waals surface area contributed by atoms with E-state index in [0.717, 1.165) is 0 Å². The van der Waals surface area contributed by atoms with E-state index in [2.05, 4.69) is 5.32 Å². The summed E-state index contributed by atoms with van der Waals surface area (Å²) in [4.78, 5) is 34.6. The second-order valence-corrected chi connectivity index (χ2v) is 6.94. The zero-order valence-corrected chi connectivity index (χ0v) is 13.7. The van der Waals surface area contributed by atoms with Gasteiger partial charge in [0.25, 0.3) is 0 Å². The number of Topliss-reactive ketones (excluding diaryl/α,β-unsaturated/α-hetero) is 1. The van der Waals surface area contributed by atoms with E-state index in [4.69, 9.17) is 4.74 Å². The summed E-state index contributed by atoms with van der Waals surface area (Å²) in [5.74, 6) is -1.05. The first-order valence-corrected chi connectivity index (χ1v) is 7.40. The molecule has 0 bridgehead atoms. The van der Waals surface area contributed by atoms with Gasteiger partial charge in [-0.25, -0.2) is 4.79 Å². The van der Waals surface area contributed by atoms with Gasteiger partial charge in [0, 0.05) is 18.5 Å². The predicted octanol–water partition coefficient (Wildman–Crippen LogP) is 3.03. The van der Waals surface area contributed by atoms with Crippen LogP contribution >= 0.6 is 0 Å². The quantitative estimate of drug-likeness (QED) is 0.893. The van der Waals surface area contributed by atoms with Crippen LogP contribution in [0.4, 0.5) is 10.5 Å². The van der Waals surface area contributed by atoms with E-state index in [-0.39, 0.29) is 18.6 Å². The molecule has 2 N–H and O–H groups in total. The van der Waals surface area contributed by atoms with Gasteiger partial charge in [0.05, 0.1) is 0 Å². The van der Waals surface area contributed by atoms with Gasteiger partial charge in [-0.1, -0.05) is 12.1 Å². The van der Waals surface area contributed by atoms with Crippen molar-refractivity contribution in [3.63, 3.8) is 0 Å². The average molecular weight is 319 g/mol. The van der Waals surface area contributed by atoms with Crippen molar-refractivity contribution < 1.29 is 24.2 Å². The Balaban J connectivity index is 2.20. The third-order valence-electron chi connectivity index (χ3n) is 3.82. The van der Waals surface area contributed by atoms with Crippen LogP contribution in [0.15, 0.2) is 18.2 Å². The van der Waals surface area contributed by atoms with E-state index in [1.54, 1.807) is 45.9 Å². The van der Waals surface area contributed by atoms with Crippen molar-refractivity contribution >= 4 is 23.5 Å². The first-order chi connectivity index (χ1) is 10.5. The molecule has 0 saturated heterocycles. The molecule has 6 nitrogen and oxygen atoms in total. The summed E-state index contributed by atoms with van der Waals surface area (Å²) in [7, 11) is 0. The largest absolute Gasteiger partial charge is 0.481 e. The van der Waals surface area contributed by atoms with Gasteiger partial charge in [-0.2, -0.15) is 0 Å². The first-order valence-electron chi connectivity index (χ1n) is 7.40. The number of hydrogen-bond donors (Lipinski definition) is 2. The van der Waals surface area contributed by atoms with Crippen LogP contribution in [0.25, 0.3) is 0 Å². The van der Waals surface area contributed by atoms with E-state index in [9.17, 15) is 19.5 Å². The number of benzene rings is 1. The number of aryl methyl sites for hydroxylation is 1. The minimum atomic E-state index is -1.13. The van der Waals surface area contributed by atoms with Crippen LogP contribution in [0.3, 0.4) is 0 Å². The number of carbonyl (C=O) groups excluding carboxylic acids is 2. The van der Waals surface area contributed by atoms with Crippen LogP contribution in [0.2, 0.25) is 0 Å². The van der Waals surface area contributed by atoms with Crippen LogP contribution in [0.5, 0.6) is 0 Å². The normalized spacial score (nSPS) is 16.4. The molecule has 1 aliphatic carbocycles. The van der Waals surface area contributed by atoms with Gasteiger partial charge >= 0.3 is 12.1 Å². The smallest absolute Gasteiger partial charge is 0.412 e. The van der Waals surface area contributed by atoms with Crippen LogP contribution in [-0.4, -0.2) is 28.6 Å². The molecular formula is C17H21NO5. The number of aliphatic carboxylic acids is 1. The van der Waals surface area contributed by atoms with E-state index < -0.39 is 23.1 Å². The predicted molar refractivity (Wildman–Crippen MR) is 84.6 cm³/mol. The molecule has 1 aromatic rings. The van der Waals surface area contributed by atoms with Gasteiger partial charge in [-0.15, -0.1) is 0 Å². The van der Waals surface area contributed by atoms with Crippen molar-refractivity contribution in [2.45, 2.75) is 51.6 Å². The second-order valence-electron chi connectivity index (χ2n) is 6.94. The van der Waals surface area contributed by atoms with Crippen molar-refractivity contribution in [3.8, 4) is 0 Å². The summed E-state index contributed by atoms with van der Waals surface area (Å²) in [6.07, 6.45) is -0.540. The lowest BCUT2D eigenvalue weighted by Gasteiger charge is -2.37. The third kappa shape index (κ3) is 3.52. The molecular weight excluding hydrogens is 298 g/mol. The molecule has 6 heteroatoms. The molecule has 0 spiro atoms. The number of ketones is 1. The molecule has 0 aliphatic heterocycles. The van der Waals surface area contributed by atoms with Crippen molar-refractivity contribution in [1.82, 2.24) is 0 Å². The third-order valence-corrected chi connectivity index (χ3v) is 3.82. The Hall–Kier alpha value is -2.37. The number of carboxylic acid groups (broad SMARTS) is 1. The molecule has 0 aromatic heterocycles. The van der Waals surface area contributed by atoms with Gasteiger partial charge in [0.2, 0.25) is 0 Å². The van der Waals surface area contributed by atoms with Gasteiger partial charge in [-0.05, 0) is 44.9 Å². The standard InChI is InChI=1S/C17H21NO5/c1-10-7-11(17(14(20)21)8-12(19)9-17)5-6-13(10)18-15(22)23-16(2,3)4/h5-7H,8-9H2,1-4H3,(H,18,22)(H,20,21). The SMILES string of the molecule is Cc1cc(C2(C(=O)O)CC(=O)C2)ccc1NC(=O)OC(C)(C)C. The van der Waals surface area contributed by atoms with Crippen molar-refractivity contribution in [3.05, 3.63) is 29.3 Å². The maximum Gasteiger partial charge on any atom is 0.412 e. The number of ether oxygens (including phenoxy) is 1. The van der Waals surface area contributed by atoms with Crippen LogP contribution < -0.4 is 5.32 Å². The molecule has 1 amide bonds. The van der Waals surface area contributed by atoms with Gasteiger partial charge < -0.3 is 9.84 Å². The number of carboxylic acids is 1. The van der Waals surface area contributed by atoms with E-state index in [1.165, 1.54) is 0 Å². The summed E-state index contributed by atoms with van der Waals surface area (Å²) in [6.45, 7) is 7.08. The van der Waals surface area contributed by atoms with E-state index >= 15 is 0 Å². The molecule has 1 aromatic carbocycles. The van der Waals surface area contributed by atoms with Crippen molar-refractivity contribution in [1.29, 1.82) is 0 Å². The fourth-order valence-corrected chi connectivity index (χ4v) is 2.62. The summed E-state index contributed by atoms with van der Waals surface area (Å²) in [6, 6.07) is 4.98. The number of carbonyl (C=O) groups is 3. The van der Waals surface area contributed by atoms with Crippen LogP contribution in [-0.2, 0) is 19.7 Å². The minimum absolute atomic E-state index is 0.0145. The van der Waals surface area contributed by atoms with Crippen molar-refractivity contribution in [2.75, 3.05) is 5.32 Å². The highest BCUT2D eigenvalue weighted by molar-refractivity contribution is 6.01. The number of rotatable bonds is 3. The first kappa shape index (κ1) is 17.0. The summed E-state index contributed by atoms with van der Waals surface area (Å²) < 4.78 is 5.19. The lowest BCUT2D eigenvalue weighted by Crippen LogP contribution is -2.48. The van der Waals surface area contributed by atoms with Gasteiger partial charge in [0.1, 0.15) is 16.8 Å². The number of nitrogens with one attached hydrogen (secondary N) is 1. The number of anilines is 1. The topological polar surface area (TPSA) is 92.7 Å². The van der Waals surface area contributed by atoms with Gasteiger partial charge in [-0.3, -0.25) is 14.9 Å². The Morgan fingerprint density at radius 2 is 1.87 bits per heavy atom. The Morgan fingerprint density at radius 3 is 2.30 bits per heavy atom. The zero-order valence-electron chi connectivity index (χ0n) is 13.7. The Labute approximate surface area is 134 Å². The summed E-state index contributed by atoms with van der Waals surface area (Å²) in [5, 5.41) is 12.1. The highest BCUT2D eigenvalue weighted by Crippen LogP contribution is 2.42. The molecule has 0 unspecified atom stereocenters. The maximum absolute atomic E-state index is 11.8. The van der Waals surface area contributed by atoms with Crippen LogP contribution in [0, 0.1) is 6.92 Å². The minimum Gasteiger partial charge on any atom is -0.481 e. The molecule has 0 atom stereocenters. The van der Waals surface area contributed by atoms with Crippen molar-refractivity contribution in [2.24, 2.45) is 0 Å². The summed E-state index contributed by atoms with van der Waals surface area (Å²) in [5.41, 5.74) is 0.114. The highest BCUT2D eigenvalue weighted by atomic mass is 16.6. The maximum atomic E-state index is 11.8. The average Bonchev–Trinajstić information content (AvgIpc) is 2.34. The molecule has 2 rings (SSSR count). The molecule has 1 aliphatic rings. The zero-order chi connectivity index (χ0) is 17.4. The second kappa shape index (κ2) is 5.68. The molecule has 23 heavy (non-hydrogen) atoms. The van der Waals surface area contributed by atoms with Crippen LogP contribution in [0.1, 0.15) is 44.7 Å². The Kier molecular flexibility index (Phi) is 4.20. The fraction of sp³-hybridized carbons (Fsp3) is 0.471. The number of hydrogen-bond acceptors (Lipinski definition) is 4. The molecule has 0 heterocycles. The summed E-state index contributed by atoms with van der Waals surface area (Å²) >= 11 is 0. The Morgan fingerprint density at radius 1 is 1.26 bits per heavy atom. The molecule has 124 valence electrons. The van der Waals surface area contributed by atoms with E-state index in [1.807, 2.05) is 0 Å². The molecule has 1 fully saturated rings. The van der Waals surface area contributed by atoms with E-state index in [0.29, 0.717) is 16.8 Å². The lowest BCUT2D eigenvalue weighted by molar-refractivity contribution is -0.153. The molecule has 1 saturated carbocycles.